The number of rotatable bonds is 15. The minimum Gasteiger partial charge on any atom is -0.371 e. The monoisotopic (exact) mass is 551 g/mol. The van der Waals surface area contributed by atoms with Gasteiger partial charge in [-0.2, -0.15) is 0 Å². The number of urea groups is 3. The van der Waals surface area contributed by atoms with Gasteiger partial charge in [0.1, 0.15) is 0 Å². The van der Waals surface area contributed by atoms with Gasteiger partial charge in [0.05, 0.1) is 24.9 Å². The Morgan fingerprint density at radius 1 is 0.700 bits per heavy atom. The molecule has 1 atom stereocenters. The van der Waals surface area contributed by atoms with Gasteiger partial charge in [0.25, 0.3) is 0 Å². The van der Waals surface area contributed by atoms with E-state index in [1.807, 2.05) is 36.4 Å². The maximum atomic E-state index is 12.9. The lowest BCUT2D eigenvalue weighted by molar-refractivity contribution is 0.234. The first-order valence-electron chi connectivity index (χ1n) is 14.7. The molecule has 1 aliphatic rings. The van der Waals surface area contributed by atoms with Crippen molar-refractivity contribution >= 4 is 29.5 Å². The van der Waals surface area contributed by atoms with Crippen molar-refractivity contribution in [3.05, 3.63) is 59.7 Å². The molecular formula is C31H45N5O4. The third-order valence-corrected chi connectivity index (χ3v) is 6.71. The number of hydrogen-bond acceptors (Lipinski definition) is 4. The van der Waals surface area contributed by atoms with Crippen LogP contribution in [0.4, 0.5) is 25.8 Å². The Bertz CT molecular complexity index is 1050. The average Bonchev–Trinajstić information content (AvgIpc) is 3.78. The van der Waals surface area contributed by atoms with Crippen LogP contribution in [0.2, 0.25) is 0 Å². The molecule has 0 bridgehead atoms. The highest BCUT2D eigenvalue weighted by molar-refractivity contribution is 6.13. The number of imide groups is 1. The van der Waals surface area contributed by atoms with Crippen molar-refractivity contribution in [2.75, 3.05) is 42.6 Å². The maximum Gasteiger partial charge on any atom is 0.330 e. The first-order chi connectivity index (χ1) is 19.5. The van der Waals surface area contributed by atoms with Crippen molar-refractivity contribution in [1.29, 1.82) is 0 Å². The van der Waals surface area contributed by atoms with E-state index in [1.54, 1.807) is 17.0 Å². The molecule has 1 fully saturated rings. The van der Waals surface area contributed by atoms with Gasteiger partial charge in [-0.25, -0.2) is 19.3 Å². The van der Waals surface area contributed by atoms with Gasteiger partial charge in [0.15, 0.2) is 0 Å². The van der Waals surface area contributed by atoms with Gasteiger partial charge < -0.3 is 20.7 Å². The van der Waals surface area contributed by atoms with Gasteiger partial charge in [-0.1, -0.05) is 64.3 Å². The molecule has 3 rings (SSSR count). The second-order valence-corrected chi connectivity index (χ2v) is 10.2. The molecule has 1 heterocycles. The summed E-state index contributed by atoms with van der Waals surface area (Å²) in [5, 5.41) is 8.69. The summed E-state index contributed by atoms with van der Waals surface area (Å²) in [5.74, 6) is 0. The molecule has 0 aliphatic carbocycles. The number of carbonyl (C=O) groups excluding carboxylic acids is 3. The molecule has 6 amide bonds. The molecule has 2 aromatic rings. The van der Waals surface area contributed by atoms with E-state index in [0.717, 1.165) is 55.3 Å². The largest absolute Gasteiger partial charge is 0.371 e. The van der Waals surface area contributed by atoms with Crippen molar-refractivity contribution < 1.29 is 19.1 Å². The molecule has 0 aromatic heterocycles. The lowest BCUT2D eigenvalue weighted by Crippen LogP contribution is -2.49. The molecule has 40 heavy (non-hydrogen) atoms. The van der Waals surface area contributed by atoms with E-state index in [4.69, 9.17) is 4.74 Å². The van der Waals surface area contributed by atoms with Gasteiger partial charge in [0.2, 0.25) is 0 Å². The molecule has 1 unspecified atom stereocenters. The van der Waals surface area contributed by atoms with Crippen LogP contribution in [0.3, 0.4) is 0 Å². The van der Waals surface area contributed by atoms with Crippen molar-refractivity contribution in [1.82, 2.24) is 16.0 Å². The minimum absolute atomic E-state index is 0.0946. The van der Waals surface area contributed by atoms with Gasteiger partial charge in [-0.3, -0.25) is 4.90 Å². The lowest BCUT2D eigenvalue weighted by Gasteiger charge is -2.23. The molecule has 1 aliphatic heterocycles. The van der Waals surface area contributed by atoms with Crippen molar-refractivity contribution in [2.24, 2.45) is 0 Å². The first-order valence-corrected chi connectivity index (χ1v) is 14.7. The molecule has 0 spiro atoms. The summed E-state index contributed by atoms with van der Waals surface area (Å²) in [6, 6.07) is 14.5. The van der Waals surface area contributed by atoms with Crippen molar-refractivity contribution in [3.8, 4) is 0 Å². The number of carbonyl (C=O) groups is 3. The fraction of sp³-hybridized carbons (Fsp3) is 0.516. The Kier molecular flexibility index (Phi) is 12.8. The first kappa shape index (κ1) is 30.9. The van der Waals surface area contributed by atoms with Gasteiger partial charge >= 0.3 is 18.1 Å². The van der Waals surface area contributed by atoms with Crippen LogP contribution >= 0.6 is 0 Å². The van der Waals surface area contributed by atoms with Crippen LogP contribution in [-0.2, 0) is 11.2 Å². The van der Waals surface area contributed by atoms with Crippen LogP contribution in [0.15, 0.2) is 48.5 Å². The van der Waals surface area contributed by atoms with E-state index in [1.165, 1.54) is 4.90 Å². The summed E-state index contributed by atoms with van der Waals surface area (Å²) < 4.78 is 5.37. The second kappa shape index (κ2) is 16.5. The normalized spacial score (nSPS) is 13.8. The number of nitrogens with one attached hydrogen (secondary N) is 3. The Morgan fingerprint density at radius 2 is 1.12 bits per heavy atom. The van der Waals surface area contributed by atoms with Gasteiger partial charge in [-0.05, 0) is 61.1 Å². The van der Waals surface area contributed by atoms with Crippen LogP contribution in [0, 0.1) is 0 Å². The van der Waals surface area contributed by atoms with Crippen LogP contribution < -0.4 is 25.8 Å². The van der Waals surface area contributed by atoms with E-state index in [0.29, 0.717) is 44.9 Å². The predicted molar refractivity (Wildman–Crippen MR) is 160 cm³/mol. The summed E-state index contributed by atoms with van der Waals surface area (Å²) in [5.41, 5.74) is 3.50. The zero-order valence-electron chi connectivity index (χ0n) is 24.2. The average molecular weight is 552 g/mol. The molecule has 0 saturated carbocycles. The van der Waals surface area contributed by atoms with E-state index < -0.39 is 12.1 Å². The Labute approximate surface area is 238 Å². The smallest absolute Gasteiger partial charge is 0.330 e. The number of benzene rings is 2. The summed E-state index contributed by atoms with van der Waals surface area (Å²) in [6.07, 6.45) is 6.36. The van der Waals surface area contributed by atoms with E-state index in [9.17, 15) is 14.4 Å². The third-order valence-electron chi connectivity index (χ3n) is 6.71. The molecular weight excluding hydrogens is 506 g/mol. The zero-order chi connectivity index (χ0) is 28.7. The van der Waals surface area contributed by atoms with Crippen molar-refractivity contribution in [2.45, 2.75) is 71.8 Å². The van der Waals surface area contributed by atoms with E-state index in [2.05, 4.69) is 36.7 Å². The maximum absolute atomic E-state index is 12.9. The fourth-order valence-electron chi connectivity index (χ4n) is 4.17. The topological polar surface area (TPSA) is 106 Å². The van der Waals surface area contributed by atoms with Gasteiger partial charge in [-0.15, -0.1) is 0 Å². The highest BCUT2D eigenvalue weighted by Gasteiger charge is 2.29. The summed E-state index contributed by atoms with van der Waals surface area (Å²) in [4.78, 5) is 41.4. The zero-order valence-corrected chi connectivity index (χ0v) is 24.2. The number of ether oxygens (including phenoxy) is 1. The predicted octanol–water partition coefficient (Wildman–Crippen LogP) is 5.82. The number of nitrogens with zero attached hydrogens (tertiary/aromatic N) is 2. The third kappa shape index (κ3) is 9.86. The number of amides is 6. The number of anilines is 2. The minimum atomic E-state index is -0.425. The quantitative estimate of drug-likeness (QED) is 0.192. The number of epoxide rings is 1. The summed E-state index contributed by atoms with van der Waals surface area (Å²) in [7, 11) is 0. The number of hydrogen-bond donors (Lipinski definition) is 3. The Balaban J connectivity index is 1.66. The van der Waals surface area contributed by atoms with Crippen LogP contribution in [0.25, 0.3) is 0 Å². The Morgan fingerprint density at radius 3 is 1.55 bits per heavy atom. The standard InChI is InChI=1S/C31H45N5O4/c1-4-7-18-32-29(37)35(22-28-23-40-28)26-14-10-24(11-15-26)21-25-12-16-27(17-13-25)36(30(38)33-19-8-5-2)31(39)34-20-9-6-3/h10-17,28H,4-9,18-23H2,1-3H3,(H,32,37)(H,33,38)(H,34,39). The van der Waals surface area contributed by atoms with Crippen LogP contribution in [0.5, 0.6) is 0 Å². The molecule has 218 valence electrons. The molecule has 2 aromatic carbocycles. The molecule has 3 N–H and O–H groups in total. The van der Waals surface area contributed by atoms with Crippen LogP contribution in [0.1, 0.15) is 70.4 Å². The molecule has 1 saturated heterocycles. The van der Waals surface area contributed by atoms with Gasteiger partial charge in [0, 0.05) is 25.3 Å². The summed E-state index contributed by atoms with van der Waals surface area (Å²) >= 11 is 0. The summed E-state index contributed by atoms with van der Waals surface area (Å²) in [6.45, 7) is 9.13. The lowest BCUT2D eigenvalue weighted by atomic mass is 10.0. The SMILES string of the molecule is CCCCNC(=O)N(CC1CO1)c1ccc(Cc2ccc(N(C(=O)NCCCC)C(=O)NCCCC)cc2)cc1. The highest BCUT2D eigenvalue weighted by Crippen LogP contribution is 2.22. The highest BCUT2D eigenvalue weighted by atomic mass is 16.6. The van der Waals surface area contributed by atoms with E-state index >= 15 is 0 Å². The van der Waals surface area contributed by atoms with Crippen LogP contribution in [-0.4, -0.2) is 57.0 Å². The molecule has 9 heteroatoms. The van der Waals surface area contributed by atoms with E-state index in [-0.39, 0.29) is 12.1 Å². The number of unbranched alkanes of at least 4 members (excludes halogenated alkanes) is 3. The fourth-order valence-corrected chi connectivity index (χ4v) is 4.17. The molecule has 9 nitrogen and oxygen atoms in total. The molecule has 0 radical (unpaired) electrons. The Hall–Kier alpha value is -3.59. The van der Waals surface area contributed by atoms with Crippen molar-refractivity contribution in [3.63, 3.8) is 0 Å². The second-order valence-electron chi connectivity index (χ2n) is 10.2.